The van der Waals surface area contributed by atoms with Crippen LogP contribution >= 0.6 is 0 Å². The number of hydrazone groups is 1. The number of nitro benzene ring substituents is 1. The lowest BCUT2D eigenvalue weighted by molar-refractivity contribution is -0.384. The zero-order valence-corrected chi connectivity index (χ0v) is 10.2. The van der Waals surface area contributed by atoms with Gasteiger partial charge in [-0.15, -0.1) is 0 Å². The monoisotopic (exact) mass is 255 g/mol. The first-order chi connectivity index (χ1) is 9.27. The van der Waals surface area contributed by atoms with E-state index in [0.717, 1.165) is 5.56 Å². The van der Waals surface area contributed by atoms with E-state index in [1.807, 2.05) is 30.3 Å². The summed E-state index contributed by atoms with van der Waals surface area (Å²) < 4.78 is 0. The fourth-order valence-electron chi connectivity index (χ4n) is 1.61. The number of para-hydroxylation sites is 2. The normalized spacial score (nSPS) is 10.5. The van der Waals surface area contributed by atoms with Crippen molar-refractivity contribution in [1.82, 2.24) is 0 Å². The Bertz CT molecular complexity index is 582. The number of nitro groups is 1. The van der Waals surface area contributed by atoms with Crippen LogP contribution in [0.25, 0.3) is 0 Å². The van der Waals surface area contributed by atoms with Gasteiger partial charge in [-0.1, -0.05) is 42.5 Å². The molecule has 0 atom stereocenters. The summed E-state index contributed by atoms with van der Waals surface area (Å²) in [5.74, 6) is 0. The Balaban J connectivity index is 1.97. The van der Waals surface area contributed by atoms with E-state index in [2.05, 4.69) is 10.5 Å². The van der Waals surface area contributed by atoms with E-state index in [1.165, 1.54) is 6.07 Å². The Hall–Kier alpha value is -2.69. The summed E-state index contributed by atoms with van der Waals surface area (Å²) in [6, 6.07) is 16.3. The molecule has 1 N–H and O–H groups in total. The topological polar surface area (TPSA) is 67.5 Å². The summed E-state index contributed by atoms with van der Waals surface area (Å²) in [5, 5.41) is 14.8. The summed E-state index contributed by atoms with van der Waals surface area (Å²) in [4.78, 5) is 10.4. The molecule has 0 aliphatic heterocycles. The van der Waals surface area contributed by atoms with E-state index in [0.29, 0.717) is 12.1 Å². The first-order valence-corrected chi connectivity index (χ1v) is 5.82. The van der Waals surface area contributed by atoms with Crippen molar-refractivity contribution in [3.05, 3.63) is 70.3 Å². The number of benzene rings is 2. The van der Waals surface area contributed by atoms with Crippen molar-refractivity contribution in [2.24, 2.45) is 5.10 Å². The maximum Gasteiger partial charge on any atom is 0.294 e. The minimum absolute atomic E-state index is 0.0133. The molecule has 0 amide bonds. The van der Waals surface area contributed by atoms with Crippen LogP contribution in [0.3, 0.4) is 0 Å². The molecule has 0 radical (unpaired) electrons. The highest BCUT2D eigenvalue weighted by molar-refractivity contribution is 5.66. The van der Waals surface area contributed by atoms with Crippen molar-refractivity contribution in [3.8, 4) is 0 Å². The highest BCUT2D eigenvalue weighted by Crippen LogP contribution is 2.22. The Morgan fingerprint density at radius 1 is 1.11 bits per heavy atom. The lowest BCUT2D eigenvalue weighted by atomic mass is 10.2. The van der Waals surface area contributed by atoms with Crippen LogP contribution in [0, 0.1) is 10.1 Å². The zero-order valence-electron chi connectivity index (χ0n) is 10.2. The Labute approximate surface area is 110 Å². The van der Waals surface area contributed by atoms with Gasteiger partial charge in [0.15, 0.2) is 0 Å². The standard InChI is InChI=1S/C14H13N3O2/c18-17(19)14-9-5-4-8-13(14)16-15-11-10-12-6-2-1-3-7-12/h1-9,11,16H,10H2/b15-11-. The van der Waals surface area contributed by atoms with E-state index in [4.69, 9.17) is 0 Å². The van der Waals surface area contributed by atoms with Gasteiger partial charge in [0.25, 0.3) is 5.69 Å². The van der Waals surface area contributed by atoms with E-state index < -0.39 is 4.92 Å². The molecule has 0 aliphatic rings. The van der Waals surface area contributed by atoms with Crippen LogP contribution in [0.1, 0.15) is 5.56 Å². The number of rotatable bonds is 5. The van der Waals surface area contributed by atoms with Gasteiger partial charge in [0.1, 0.15) is 5.69 Å². The van der Waals surface area contributed by atoms with E-state index in [9.17, 15) is 10.1 Å². The largest absolute Gasteiger partial charge is 0.294 e. The van der Waals surface area contributed by atoms with Crippen LogP contribution < -0.4 is 5.43 Å². The summed E-state index contributed by atoms with van der Waals surface area (Å²) in [6.45, 7) is 0. The highest BCUT2D eigenvalue weighted by atomic mass is 16.6. The molecule has 0 heterocycles. The number of hydrogen-bond acceptors (Lipinski definition) is 4. The van der Waals surface area contributed by atoms with Crippen molar-refractivity contribution in [2.75, 3.05) is 5.43 Å². The number of anilines is 1. The molecule has 0 saturated heterocycles. The number of nitrogens with zero attached hydrogens (tertiary/aromatic N) is 2. The van der Waals surface area contributed by atoms with Crippen molar-refractivity contribution in [3.63, 3.8) is 0 Å². The molecule has 0 saturated carbocycles. The van der Waals surface area contributed by atoms with Crippen LogP contribution in [0.2, 0.25) is 0 Å². The lowest BCUT2D eigenvalue weighted by Crippen LogP contribution is -1.97. The molecule has 2 aromatic carbocycles. The minimum atomic E-state index is -0.435. The summed E-state index contributed by atoms with van der Waals surface area (Å²) in [5.41, 5.74) is 4.23. The molecule has 0 spiro atoms. The van der Waals surface area contributed by atoms with Gasteiger partial charge in [-0.25, -0.2) is 0 Å². The third-order valence-electron chi connectivity index (χ3n) is 2.55. The summed E-state index contributed by atoms with van der Waals surface area (Å²) >= 11 is 0. The second kappa shape index (κ2) is 6.30. The lowest BCUT2D eigenvalue weighted by Gasteiger charge is -2.01. The molecule has 19 heavy (non-hydrogen) atoms. The Morgan fingerprint density at radius 3 is 2.53 bits per heavy atom. The molecule has 0 aliphatic carbocycles. The van der Waals surface area contributed by atoms with Gasteiger partial charge in [0, 0.05) is 18.7 Å². The molecule has 0 aromatic heterocycles. The maximum atomic E-state index is 10.8. The molecular weight excluding hydrogens is 242 g/mol. The summed E-state index contributed by atoms with van der Waals surface area (Å²) in [7, 11) is 0. The van der Waals surface area contributed by atoms with E-state index in [-0.39, 0.29) is 5.69 Å². The zero-order chi connectivity index (χ0) is 13.5. The molecule has 2 rings (SSSR count). The molecule has 0 fully saturated rings. The second-order valence-electron chi connectivity index (χ2n) is 3.89. The average molecular weight is 255 g/mol. The molecule has 0 bridgehead atoms. The van der Waals surface area contributed by atoms with Crippen LogP contribution in [-0.4, -0.2) is 11.1 Å². The van der Waals surface area contributed by atoms with Crippen LogP contribution in [-0.2, 0) is 6.42 Å². The summed E-state index contributed by atoms with van der Waals surface area (Å²) in [6.07, 6.45) is 2.36. The fourth-order valence-corrected chi connectivity index (χ4v) is 1.61. The molecule has 5 heteroatoms. The predicted octanol–water partition coefficient (Wildman–Crippen LogP) is 3.24. The first-order valence-electron chi connectivity index (χ1n) is 5.82. The minimum Gasteiger partial charge on any atom is -0.272 e. The third-order valence-corrected chi connectivity index (χ3v) is 2.55. The molecule has 0 unspecified atom stereocenters. The number of hydrogen-bond donors (Lipinski definition) is 1. The maximum absolute atomic E-state index is 10.8. The van der Waals surface area contributed by atoms with Gasteiger partial charge in [-0.3, -0.25) is 15.5 Å². The smallest absolute Gasteiger partial charge is 0.272 e. The quantitative estimate of drug-likeness (QED) is 0.506. The van der Waals surface area contributed by atoms with E-state index >= 15 is 0 Å². The van der Waals surface area contributed by atoms with Gasteiger partial charge in [-0.05, 0) is 11.6 Å². The van der Waals surface area contributed by atoms with Crippen LogP contribution in [0.15, 0.2) is 59.7 Å². The predicted molar refractivity (Wildman–Crippen MR) is 75.4 cm³/mol. The fraction of sp³-hybridized carbons (Fsp3) is 0.0714. The van der Waals surface area contributed by atoms with Crippen molar-refractivity contribution in [1.29, 1.82) is 0 Å². The van der Waals surface area contributed by atoms with Gasteiger partial charge < -0.3 is 0 Å². The van der Waals surface area contributed by atoms with Gasteiger partial charge >= 0.3 is 0 Å². The van der Waals surface area contributed by atoms with Crippen LogP contribution in [0.4, 0.5) is 11.4 Å². The number of nitrogens with one attached hydrogen (secondary N) is 1. The van der Waals surface area contributed by atoms with Crippen molar-refractivity contribution < 1.29 is 4.92 Å². The van der Waals surface area contributed by atoms with Gasteiger partial charge in [-0.2, -0.15) is 5.10 Å². The van der Waals surface area contributed by atoms with Crippen LogP contribution in [0.5, 0.6) is 0 Å². The highest BCUT2D eigenvalue weighted by Gasteiger charge is 2.10. The SMILES string of the molecule is O=[N+]([O-])c1ccccc1N/N=C\Cc1ccccc1. The van der Waals surface area contributed by atoms with Gasteiger partial charge in [0.05, 0.1) is 4.92 Å². The first kappa shape index (κ1) is 12.8. The van der Waals surface area contributed by atoms with Gasteiger partial charge in [0.2, 0.25) is 0 Å². The van der Waals surface area contributed by atoms with E-state index in [1.54, 1.807) is 24.4 Å². The van der Waals surface area contributed by atoms with Crippen molar-refractivity contribution in [2.45, 2.75) is 6.42 Å². The molecule has 5 nitrogen and oxygen atoms in total. The molecule has 96 valence electrons. The van der Waals surface area contributed by atoms with Crippen molar-refractivity contribution >= 4 is 17.6 Å². The molecular formula is C14H13N3O2. The Morgan fingerprint density at radius 2 is 1.79 bits per heavy atom. The second-order valence-corrected chi connectivity index (χ2v) is 3.89. The molecule has 2 aromatic rings. The third kappa shape index (κ3) is 3.64. The Kier molecular flexibility index (Phi) is 4.23. The average Bonchev–Trinajstić information content (AvgIpc) is 2.45.